The van der Waals surface area contributed by atoms with Crippen molar-refractivity contribution < 1.29 is 24.2 Å². The zero-order chi connectivity index (χ0) is 24.2. The lowest BCUT2D eigenvalue weighted by Gasteiger charge is -2.26. The van der Waals surface area contributed by atoms with E-state index in [9.17, 15) is 19.5 Å². The maximum Gasteiger partial charge on any atom is 0.407 e. The molecule has 2 aromatic carbocycles. The molecule has 0 spiro atoms. The summed E-state index contributed by atoms with van der Waals surface area (Å²) in [5, 5.41) is 14.7. The fourth-order valence-electron chi connectivity index (χ4n) is 4.05. The first-order chi connectivity index (χ1) is 15.7. The van der Waals surface area contributed by atoms with Gasteiger partial charge in [-0.1, -0.05) is 69.3 Å². The molecular formula is C26H32N2O5. The average Bonchev–Trinajstić information content (AvgIpc) is 3.12. The highest BCUT2D eigenvalue weighted by atomic mass is 16.5. The molecule has 7 nitrogen and oxygen atoms in total. The molecule has 0 saturated carbocycles. The number of carboxylic acid groups (broad SMARTS) is 1. The monoisotopic (exact) mass is 452 g/mol. The second-order valence-corrected chi connectivity index (χ2v) is 9.13. The van der Waals surface area contributed by atoms with Gasteiger partial charge < -0.3 is 20.5 Å². The van der Waals surface area contributed by atoms with Crippen molar-refractivity contribution in [1.82, 2.24) is 10.6 Å². The van der Waals surface area contributed by atoms with Crippen LogP contribution in [0.4, 0.5) is 4.79 Å². The standard InChI is InChI=1S/C26H32N2O5/c1-5-26(4,24(30)31)15-27-23(29)22(16(2)3)28-25(32)33-14-21-19-12-8-6-10-17(19)18-11-7-9-13-20(18)21/h6-13,16,21-22H,5,14-15H2,1-4H3,(H,27,29)(H,28,32)(H,30,31)/t22-,26?/m1/s1. The predicted octanol–water partition coefficient (Wildman–Crippen LogP) is 4.17. The Bertz CT molecular complexity index is 989. The van der Waals surface area contributed by atoms with Gasteiger partial charge in [-0.3, -0.25) is 9.59 Å². The normalized spacial score (nSPS) is 15.2. The van der Waals surface area contributed by atoms with E-state index in [2.05, 4.69) is 22.8 Å². The molecule has 1 aliphatic rings. The second kappa shape index (κ2) is 10.1. The molecule has 1 unspecified atom stereocenters. The van der Waals surface area contributed by atoms with Crippen LogP contribution in [0.5, 0.6) is 0 Å². The van der Waals surface area contributed by atoms with Gasteiger partial charge in [0.05, 0.1) is 5.41 Å². The molecule has 0 aliphatic heterocycles. The Morgan fingerprint density at radius 2 is 1.58 bits per heavy atom. The number of alkyl carbamates (subject to hydrolysis) is 1. The number of fused-ring (bicyclic) bond motifs is 3. The third-order valence-corrected chi connectivity index (χ3v) is 6.52. The molecule has 0 radical (unpaired) electrons. The summed E-state index contributed by atoms with van der Waals surface area (Å²) in [4.78, 5) is 36.8. The van der Waals surface area contributed by atoms with Crippen LogP contribution < -0.4 is 10.6 Å². The summed E-state index contributed by atoms with van der Waals surface area (Å²) in [5.74, 6) is -1.69. The van der Waals surface area contributed by atoms with Crippen molar-refractivity contribution >= 4 is 18.0 Å². The third-order valence-electron chi connectivity index (χ3n) is 6.52. The number of amides is 2. The zero-order valence-corrected chi connectivity index (χ0v) is 19.6. The van der Waals surface area contributed by atoms with Crippen LogP contribution in [0.15, 0.2) is 48.5 Å². The molecule has 2 aromatic rings. The van der Waals surface area contributed by atoms with Crippen LogP contribution in [-0.2, 0) is 14.3 Å². The topological polar surface area (TPSA) is 105 Å². The van der Waals surface area contributed by atoms with E-state index in [1.807, 2.05) is 50.2 Å². The van der Waals surface area contributed by atoms with Crippen molar-refractivity contribution in [3.8, 4) is 11.1 Å². The Balaban J connectivity index is 1.63. The van der Waals surface area contributed by atoms with E-state index >= 15 is 0 Å². The van der Waals surface area contributed by atoms with E-state index < -0.39 is 29.4 Å². The molecule has 1 aliphatic carbocycles. The molecule has 3 N–H and O–H groups in total. The van der Waals surface area contributed by atoms with Gasteiger partial charge in [0.2, 0.25) is 5.91 Å². The van der Waals surface area contributed by atoms with Gasteiger partial charge in [-0.05, 0) is 41.5 Å². The largest absolute Gasteiger partial charge is 0.481 e. The summed E-state index contributed by atoms with van der Waals surface area (Å²) < 4.78 is 5.55. The highest BCUT2D eigenvalue weighted by molar-refractivity contribution is 5.86. The number of ether oxygens (including phenoxy) is 1. The molecule has 0 saturated heterocycles. The van der Waals surface area contributed by atoms with Gasteiger partial charge in [-0.25, -0.2) is 4.79 Å². The fraction of sp³-hybridized carbons (Fsp3) is 0.423. The number of aliphatic carboxylic acids is 1. The Kier molecular flexibility index (Phi) is 7.41. The van der Waals surface area contributed by atoms with Gasteiger partial charge in [0.15, 0.2) is 0 Å². The maximum absolute atomic E-state index is 12.7. The van der Waals surface area contributed by atoms with Crippen molar-refractivity contribution in [2.75, 3.05) is 13.2 Å². The smallest absolute Gasteiger partial charge is 0.407 e. The first-order valence-electron chi connectivity index (χ1n) is 11.3. The maximum atomic E-state index is 12.7. The van der Waals surface area contributed by atoms with Gasteiger partial charge in [0, 0.05) is 12.5 Å². The predicted molar refractivity (Wildman–Crippen MR) is 126 cm³/mol. The van der Waals surface area contributed by atoms with E-state index in [1.165, 1.54) is 0 Å². The number of carboxylic acids is 1. The highest BCUT2D eigenvalue weighted by Crippen LogP contribution is 2.44. The fourth-order valence-corrected chi connectivity index (χ4v) is 4.05. The number of carbonyl (C=O) groups is 3. The molecular weight excluding hydrogens is 420 g/mol. The van der Waals surface area contributed by atoms with Crippen LogP contribution in [-0.4, -0.2) is 42.3 Å². The molecule has 3 rings (SSSR count). The van der Waals surface area contributed by atoms with Crippen LogP contribution in [0, 0.1) is 11.3 Å². The van der Waals surface area contributed by atoms with E-state index in [0.29, 0.717) is 6.42 Å². The van der Waals surface area contributed by atoms with E-state index in [1.54, 1.807) is 13.8 Å². The lowest BCUT2D eigenvalue weighted by Crippen LogP contribution is -2.52. The summed E-state index contributed by atoms with van der Waals surface area (Å²) in [6.07, 6.45) is -0.309. The van der Waals surface area contributed by atoms with Gasteiger partial charge in [0.1, 0.15) is 12.6 Å². The molecule has 2 atom stereocenters. The number of hydrogen-bond acceptors (Lipinski definition) is 4. The van der Waals surface area contributed by atoms with Gasteiger partial charge in [-0.2, -0.15) is 0 Å². The summed E-state index contributed by atoms with van der Waals surface area (Å²) >= 11 is 0. The first-order valence-corrected chi connectivity index (χ1v) is 11.3. The Morgan fingerprint density at radius 1 is 1.03 bits per heavy atom. The number of carbonyl (C=O) groups excluding carboxylic acids is 2. The zero-order valence-electron chi connectivity index (χ0n) is 19.6. The van der Waals surface area contributed by atoms with Crippen molar-refractivity contribution in [3.05, 3.63) is 59.7 Å². The van der Waals surface area contributed by atoms with E-state index in [4.69, 9.17) is 4.74 Å². The van der Waals surface area contributed by atoms with Gasteiger partial charge >= 0.3 is 12.1 Å². The molecule has 7 heteroatoms. The first kappa shape index (κ1) is 24.3. The minimum absolute atomic E-state index is 0.0206. The molecule has 176 valence electrons. The number of nitrogens with one attached hydrogen (secondary N) is 2. The van der Waals surface area contributed by atoms with Crippen LogP contribution in [0.1, 0.15) is 51.2 Å². The lowest BCUT2D eigenvalue weighted by atomic mass is 9.87. The molecule has 0 aromatic heterocycles. The van der Waals surface area contributed by atoms with Gasteiger partial charge in [0.25, 0.3) is 0 Å². The van der Waals surface area contributed by atoms with Crippen LogP contribution in [0.2, 0.25) is 0 Å². The summed E-state index contributed by atoms with van der Waals surface area (Å²) in [6.45, 7) is 7.09. The lowest BCUT2D eigenvalue weighted by molar-refractivity contribution is -0.148. The number of hydrogen-bond donors (Lipinski definition) is 3. The summed E-state index contributed by atoms with van der Waals surface area (Å²) in [6, 6.07) is 15.3. The molecule has 0 fully saturated rings. The summed E-state index contributed by atoms with van der Waals surface area (Å²) in [7, 11) is 0. The Morgan fingerprint density at radius 3 is 2.06 bits per heavy atom. The number of rotatable bonds is 9. The van der Waals surface area contributed by atoms with Crippen molar-refractivity contribution in [2.24, 2.45) is 11.3 Å². The third kappa shape index (κ3) is 5.18. The van der Waals surface area contributed by atoms with Gasteiger partial charge in [-0.15, -0.1) is 0 Å². The van der Waals surface area contributed by atoms with E-state index in [-0.39, 0.29) is 25.0 Å². The minimum Gasteiger partial charge on any atom is -0.481 e. The average molecular weight is 453 g/mol. The van der Waals surface area contributed by atoms with Crippen LogP contribution >= 0.6 is 0 Å². The number of benzene rings is 2. The van der Waals surface area contributed by atoms with Crippen LogP contribution in [0.3, 0.4) is 0 Å². The molecule has 2 amide bonds. The van der Waals surface area contributed by atoms with Crippen LogP contribution in [0.25, 0.3) is 11.1 Å². The second-order valence-electron chi connectivity index (χ2n) is 9.13. The highest BCUT2D eigenvalue weighted by Gasteiger charge is 2.34. The SMILES string of the molecule is CCC(C)(CNC(=O)[C@H](NC(=O)OCC1c2ccccc2-c2ccccc21)C(C)C)C(=O)O. The minimum atomic E-state index is -1.07. The van der Waals surface area contributed by atoms with Crippen molar-refractivity contribution in [1.29, 1.82) is 0 Å². The Labute approximate surface area is 194 Å². The molecule has 0 bridgehead atoms. The quantitative estimate of drug-likeness (QED) is 0.530. The molecule has 0 heterocycles. The van der Waals surface area contributed by atoms with Crippen molar-refractivity contribution in [3.63, 3.8) is 0 Å². The molecule has 33 heavy (non-hydrogen) atoms. The van der Waals surface area contributed by atoms with Crippen molar-refractivity contribution in [2.45, 2.75) is 46.1 Å². The van der Waals surface area contributed by atoms with E-state index in [0.717, 1.165) is 22.3 Å². The summed E-state index contributed by atoms with van der Waals surface area (Å²) in [5.41, 5.74) is 3.42. The Hall–Kier alpha value is -3.35.